The van der Waals surface area contributed by atoms with Crippen molar-refractivity contribution in [3.8, 4) is 0 Å². The Bertz CT molecular complexity index is 619. The average molecular weight is 401 g/mol. The molecule has 0 heterocycles. The standard InChI is InChI=1S/C26H40O3/c1-4-5-8-11-20(2)21-14-16-23(17-15-21)26-22(18-19-24(26)27)12-9-6-7-10-13-25(28)29-3/h6,9,14-17,20,22,24,26-27H,4-5,7-8,10-13,18-19H2,1-3H3. The van der Waals surface area contributed by atoms with E-state index in [0.717, 1.165) is 32.1 Å². The van der Waals surface area contributed by atoms with Gasteiger partial charge in [-0.25, -0.2) is 0 Å². The zero-order valence-corrected chi connectivity index (χ0v) is 18.6. The number of aliphatic hydroxyl groups is 1. The molecule has 0 amide bonds. The summed E-state index contributed by atoms with van der Waals surface area (Å²) >= 11 is 0. The smallest absolute Gasteiger partial charge is 0.305 e. The fourth-order valence-electron chi connectivity index (χ4n) is 4.59. The number of unbranched alkanes of at least 4 members (excludes halogenated alkanes) is 3. The van der Waals surface area contributed by atoms with Crippen molar-refractivity contribution in [1.82, 2.24) is 0 Å². The van der Waals surface area contributed by atoms with Gasteiger partial charge in [-0.05, 0) is 61.5 Å². The first-order valence-electron chi connectivity index (χ1n) is 11.6. The van der Waals surface area contributed by atoms with Crippen LogP contribution < -0.4 is 0 Å². The summed E-state index contributed by atoms with van der Waals surface area (Å²) in [6, 6.07) is 9.04. The molecule has 0 bridgehead atoms. The Morgan fingerprint density at radius 3 is 2.62 bits per heavy atom. The lowest BCUT2D eigenvalue weighted by Crippen LogP contribution is -2.16. The van der Waals surface area contributed by atoms with Gasteiger partial charge in [-0.1, -0.05) is 69.5 Å². The number of allylic oxidation sites excluding steroid dienone is 2. The van der Waals surface area contributed by atoms with Gasteiger partial charge in [0.1, 0.15) is 0 Å². The number of rotatable bonds is 12. The van der Waals surface area contributed by atoms with Gasteiger partial charge in [-0.2, -0.15) is 0 Å². The third-order valence-corrected chi connectivity index (χ3v) is 6.47. The molecule has 1 aliphatic rings. The minimum Gasteiger partial charge on any atom is -0.469 e. The van der Waals surface area contributed by atoms with Crippen molar-refractivity contribution in [1.29, 1.82) is 0 Å². The molecule has 1 aromatic carbocycles. The van der Waals surface area contributed by atoms with Gasteiger partial charge in [0.2, 0.25) is 0 Å². The molecule has 0 spiro atoms. The van der Waals surface area contributed by atoms with Crippen molar-refractivity contribution >= 4 is 5.97 Å². The first kappa shape index (κ1) is 23.7. The molecule has 1 N–H and O–H groups in total. The van der Waals surface area contributed by atoms with Crippen molar-refractivity contribution in [2.75, 3.05) is 7.11 Å². The second kappa shape index (κ2) is 12.8. The molecular weight excluding hydrogens is 360 g/mol. The van der Waals surface area contributed by atoms with E-state index in [2.05, 4.69) is 55.0 Å². The van der Waals surface area contributed by atoms with Crippen molar-refractivity contribution in [3.05, 3.63) is 47.5 Å². The van der Waals surface area contributed by atoms with E-state index in [9.17, 15) is 9.90 Å². The van der Waals surface area contributed by atoms with Gasteiger partial charge in [0.05, 0.1) is 13.2 Å². The molecule has 2 rings (SSSR count). The normalized spacial score (nSPS) is 22.8. The molecule has 1 fully saturated rings. The first-order chi connectivity index (χ1) is 14.1. The Kier molecular flexibility index (Phi) is 10.5. The highest BCUT2D eigenvalue weighted by Crippen LogP contribution is 2.42. The highest BCUT2D eigenvalue weighted by molar-refractivity contribution is 5.69. The number of benzene rings is 1. The molecule has 0 saturated heterocycles. The van der Waals surface area contributed by atoms with E-state index >= 15 is 0 Å². The SMILES string of the molecule is CCCCCC(C)c1ccc(C2C(O)CCC2CC=CCCCC(=O)OC)cc1. The molecule has 3 nitrogen and oxygen atoms in total. The van der Waals surface area contributed by atoms with E-state index < -0.39 is 0 Å². The number of hydrogen-bond acceptors (Lipinski definition) is 3. The Hall–Kier alpha value is -1.61. The van der Waals surface area contributed by atoms with E-state index in [1.54, 1.807) is 0 Å². The van der Waals surface area contributed by atoms with Gasteiger partial charge in [-0.15, -0.1) is 0 Å². The summed E-state index contributed by atoms with van der Waals surface area (Å²) < 4.78 is 4.67. The summed E-state index contributed by atoms with van der Waals surface area (Å²) in [6.45, 7) is 4.57. The lowest BCUT2D eigenvalue weighted by molar-refractivity contribution is -0.140. The second-order valence-electron chi connectivity index (χ2n) is 8.67. The number of aliphatic hydroxyl groups excluding tert-OH is 1. The maximum atomic E-state index is 11.1. The van der Waals surface area contributed by atoms with Crippen LogP contribution >= 0.6 is 0 Å². The summed E-state index contributed by atoms with van der Waals surface area (Å²) in [7, 11) is 1.43. The van der Waals surface area contributed by atoms with E-state index in [0.29, 0.717) is 18.3 Å². The van der Waals surface area contributed by atoms with Crippen LogP contribution in [0.2, 0.25) is 0 Å². The van der Waals surface area contributed by atoms with Crippen molar-refractivity contribution < 1.29 is 14.6 Å². The predicted octanol–water partition coefficient (Wildman–Crippen LogP) is 6.51. The van der Waals surface area contributed by atoms with Crippen LogP contribution in [0.4, 0.5) is 0 Å². The van der Waals surface area contributed by atoms with Crippen LogP contribution in [0.5, 0.6) is 0 Å². The number of carbonyl (C=O) groups excluding carboxylic acids is 1. The van der Waals surface area contributed by atoms with E-state index in [-0.39, 0.29) is 18.0 Å². The Balaban J connectivity index is 1.87. The molecule has 3 heteroatoms. The van der Waals surface area contributed by atoms with E-state index in [1.807, 2.05) is 0 Å². The van der Waals surface area contributed by atoms with Gasteiger partial charge in [0.15, 0.2) is 0 Å². The number of ether oxygens (including phenoxy) is 1. The number of methoxy groups -OCH3 is 1. The fraction of sp³-hybridized carbons (Fsp3) is 0.654. The summed E-state index contributed by atoms with van der Waals surface area (Å²) in [5, 5.41) is 10.6. The Morgan fingerprint density at radius 1 is 1.17 bits per heavy atom. The second-order valence-corrected chi connectivity index (χ2v) is 8.67. The molecule has 4 atom stereocenters. The van der Waals surface area contributed by atoms with Gasteiger partial charge < -0.3 is 9.84 Å². The Labute approximate surface area is 177 Å². The quantitative estimate of drug-likeness (QED) is 0.247. The lowest BCUT2D eigenvalue weighted by atomic mass is 9.84. The summed E-state index contributed by atoms with van der Waals surface area (Å²) in [6.07, 6.45) is 14.5. The molecule has 0 aliphatic heterocycles. The molecule has 29 heavy (non-hydrogen) atoms. The van der Waals surface area contributed by atoms with Crippen molar-refractivity contribution in [3.63, 3.8) is 0 Å². The van der Waals surface area contributed by atoms with E-state index in [4.69, 9.17) is 0 Å². The van der Waals surface area contributed by atoms with Crippen LogP contribution in [0.15, 0.2) is 36.4 Å². The van der Waals surface area contributed by atoms with Crippen LogP contribution in [0.25, 0.3) is 0 Å². The molecule has 1 aliphatic carbocycles. The van der Waals surface area contributed by atoms with Crippen molar-refractivity contribution in [2.45, 2.75) is 96.0 Å². The van der Waals surface area contributed by atoms with Gasteiger partial charge >= 0.3 is 5.97 Å². The van der Waals surface area contributed by atoms with Crippen LogP contribution in [-0.2, 0) is 9.53 Å². The molecule has 4 unspecified atom stereocenters. The Morgan fingerprint density at radius 2 is 1.93 bits per heavy atom. The highest BCUT2D eigenvalue weighted by Gasteiger charge is 2.35. The van der Waals surface area contributed by atoms with Crippen LogP contribution in [-0.4, -0.2) is 24.3 Å². The summed E-state index contributed by atoms with van der Waals surface area (Å²) in [5.74, 6) is 1.20. The topological polar surface area (TPSA) is 46.5 Å². The number of carbonyl (C=O) groups is 1. The third kappa shape index (κ3) is 7.62. The van der Waals surface area contributed by atoms with Crippen molar-refractivity contribution in [2.24, 2.45) is 5.92 Å². The lowest BCUT2D eigenvalue weighted by Gasteiger charge is -2.22. The van der Waals surface area contributed by atoms with E-state index in [1.165, 1.54) is 43.9 Å². The summed E-state index contributed by atoms with van der Waals surface area (Å²) in [4.78, 5) is 11.1. The maximum Gasteiger partial charge on any atom is 0.305 e. The molecular formula is C26H40O3. The first-order valence-corrected chi connectivity index (χ1v) is 11.6. The van der Waals surface area contributed by atoms with Gasteiger partial charge in [0, 0.05) is 12.3 Å². The number of hydrogen-bond donors (Lipinski definition) is 1. The van der Waals surface area contributed by atoms with Gasteiger partial charge in [-0.3, -0.25) is 4.79 Å². The minimum atomic E-state index is -0.236. The minimum absolute atomic E-state index is 0.138. The zero-order valence-electron chi connectivity index (χ0n) is 18.6. The predicted molar refractivity (Wildman–Crippen MR) is 120 cm³/mol. The third-order valence-electron chi connectivity index (χ3n) is 6.47. The molecule has 0 aromatic heterocycles. The van der Waals surface area contributed by atoms with Gasteiger partial charge in [0.25, 0.3) is 0 Å². The van der Waals surface area contributed by atoms with Crippen LogP contribution in [0.3, 0.4) is 0 Å². The molecule has 1 saturated carbocycles. The highest BCUT2D eigenvalue weighted by atomic mass is 16.5. The monoisotopic (exact) mass is 400 g/mol. The average Bonchev–Trinajstić information content (AvgIpc) is 3.10. The summed E-state index contributed by atoms with van der Waals surface area (Å²) in [5.41, 5.74) is 2.70. The fourth-order valence-corrected chi connectivity index (χ4v) is 4.59. The largest absolute Gasteiger partial charge is 0.469 e. The molecule has 162 valence electrons. The zero-order chi connectivity index (χ0) is 21.1. The molecule has 0 radical (unpaired) electrons. The van der Waals surface area contributed by atoms with Crippen LogP contribution in [0, 0.1) is 5.92 Å². The maximum absolute atomic E-state index is 11.1. The van der Waals surface area contributed by atoms with Crippen LogP contribution in [0.1, 0.15) is 101 Å². The number of esters is 1. The molecule has 1 aromatic rings.